The summed E-state index contributed by atoms with van der Waals surface area (Å²) >= 11 is 0. The van der Waals surface area contributed by atoms with Crippen LogP contribution in [0.4, 0.5) is 0 Å². The third-order valence-electron chi connectivity index (χ3n) is 3.75. The van der Waals surface area contributed by atoms with Gasteiger partial charge in [0.15, 0.2) is 0 Å². The van der Waals surface area contributed by atoms with Gasteiger partial charge in [-0.05, 0) is 30.8 Å². The van der Waals surface area contributed by atoms with E-state index in [1.54, 1.807) is 0 Å². The highest BCUT2D eigenvalue weighted by Gasteiger charge is 2.28. The summed E-state index contributed by atoms with van der Waals surface area (Å²) in [6, 6.07) is -0.638. The molecular weight excluding hydrogens is 278 g/mol. The molecule has 122 valence electrons. The first kappa shape index (κ1) is 18.2. The lowest BCUT2D eigenvalue weighted by Gasteiger charge is -2.24. The molecule has 0 saturated heterocycles. The first-order valence-corrected chi connectivity index (χ1v) is 7.83. The fraction of sp³-hybridized carbons (Fsp3) is 0.556. The van der Waals surface area contributed by atoms with Crippen molar-refractivity contribution >= 4 is 11.9 Å². The molecule has 1 aliphatic carbocycles. The second-order valence-electron chi connectivity index (χ2n) is 6.15. The number of rotatable bonds is 7. The zero-order chi connectivity index (χ0) is 16.7. The Hall–Kier alpha value is -1.84. The van der Waals surface area contributed by atoms with Gasteiger partial charge in [0.05, 0.1) is 5.92 Å². The van der Waals surface area contributed by atoms with Crippen LogP contribution in [0.5, 0.6) is 0 Å². The van der Waals surface area contributed by atoms with Gasteiger partial charge in [-0.1, -0.05) is 51.7 Å². The Balaban J connectivity index is 2.72. The van der Waals surface area contributed by atoms with E-state index in [1.807, 2.05) is 26.8 Å². The molecule has 3 atom stereocenters. The second-order valence-corrected chi connectivity index (χ2v) is 6.15. The van der Waals surface area contributed by atoms with Crippen LogP contribution < -0.4 is 5.32 Å². The Bertz CT molecular complexity index is 477. The molecule has 0 fully saturated rings. The van der Waals surface area contributed by atoms with Gasteiger partial charge in [0.25, 0.3) is 0 Å². The zero-order valence-corrected chi connectivity index (χ0v) is 14.0. The first-order chi connectivity index (χ1) is 10.4. The number of allylic oxidation sites excluding steroid dienone is 3. The molecule has 0 aliphatic heterocycles. The molecule has 0 aromatic carbocycles. The van der Waals surface area contributed by atoms with Crippen molar-refractivity contribution in [2.24, 2.45) is 17.8 Å². The summed E-state index contributed by atoms with van der Waals surface area (Å²) < 4.78 is 5.06. The van der Waals surface area contributed by atoms with Gasteiger partial charge in [0.1, 0.15) is 12.6 Å². The number of hydrogen-bond acceptors (Lipinski definition) is 3. The van der Waals surface area contributed by atoms with Crippen molar-refractivity contribution in [1.82, 2.24) is 5.32 Å². The molecule has 0 aromatic heterocycles. The summed E-state index contributed by atoms with van der Waals surface area (Å²) in [7, 11) is 0. The molecule has 1 aliphatic rings. The summed E-state index contributed by atoms with van der Waals surface area (Å²) in [5, 5.41) is 2.81. The van der Waals surface area contributed by atoms with Gasteiger partial charge in [-0.3, -0.25) is 4.79 Å². The lowest BCUT2D eigenvalue weighted by molar-refractivity contribution is -0.148. The molecular formula is C18H27NO3. The minimum absolute atomic E-state index is 0.0386. The Morgan fingerprint density at radius 3 is 2.68 bits per heavy atom. The van der Waals surface area contributed by atoms with Gasteiger partial charge >= 0.3 is 5.97 Å². The fourth-order valence-corrected chi connectivity index (χ4v) is 2.32. The Morgan fingerprint density at radius 2 is 2.14 bits per heavy atom. The van der Waals surface area contributed by atoms with E-state index >= 15 is 0 Å². The lowest BCUT2D eigenvalue weighted by Crippen LogP contribution is -2.47. The summed E-state index contributed by atoms with van der Waals surface area (Å²) in [6.07, 6.45) is 8.70. The SMILES string of the molecule is C=CCOC(=O)C(NC(=O)C(C)C1=CC(C)CC=C1)C(C)C. The monoisotopic (exact) mass is 305 g/mol. The van der Waals surface area contributed by atoms with Crippen LogP contribution in [-0.4, -0.2) is 24.5 Å². The third-order valence-corrected chi connectivity index (χ3v) is 3.75. The maximum Gasteiger partial charge on any atom is 0.329 e. The van der Waals surface area contributed by atoms with E-state index < -0.39 is 12.0 Å². The highest BCUT2D eigenvalue weighted by atomic mass is 16.5. The summed E-state index contributed by atoms with van der Waals surface area (Å²) in [5.74, 6) is -0.458. The van der Waals surface area contributed by atoms with Crippen LogP contribution in [0.3, 0.4) is 0 Å². The molecule has 1 rings (SSSR count). The molecule has 0 spiro atoms. The molecule has 0 heterocycles. The van der Waals surface area contributed by atoms with Crippen LogP contribution in [0.1, 0.15) is 34.1 Å². The topological polar surface area (TPSA) is 55.4 Å². The average Bonchev–Trinajstić information content (AvgIpc) is 2.48. The predicted octanol–water partition coefficient (Wildman–Crippen LogP) is 3.01. The Morgan fingerprint density at radius 1 is 1.45 bits per heavy atom. The van der Waals surface area contributed by atoms with Gasteiger partial charge in [0.2, 0.25) is 5.91 Å². The molecule has 0 radical (unpaired) electrons. The molecule has 4 nitrogen and oxygen atoms in total. The van der Waals surface area contributed by atoms with E-state index in [0.717, 1.165) is 12.0 Å². The number of carbonyl (C=O) groups is 2. The van der Waals surface area contributed by atoms with E-state index in [-0.39, 0.29) is 24.3 Å². The van der Waals surface area contributed by atoms with Gasteiger partial charge in [-0.2, -0.15) is 0 Å². The average molecular weight is 305 g/mol. The molecule has 1 amide bonds. The van der Waals surface area contributed by atoms with Gasteiger partial charge in [-0.25, -0.2) is 4.79 Å². The van der Waals surface area contributed by atoms with E-state index in [4.69, 9.17) is 4.74 Å². The van der Waals surface area contributed by atoms with Gasteiger partial charge in [0, 0.05) is 0 Å². The third kappa shape index (κ3) is 5.17. The smallest absolute Gasteiger partial charge is 0.329 e. The fourth-order valence-electron chi connectivity index (χ4n) is 2.32. The molecule has 0 aromatic rings. The maximum atomic E-state index is 12.4. The van der Waals surface area contributed by atoms with Gasteiger partial charge < -0.3 is 10.1 Å². The maximum absolute atomic E-state index is 12.4. The minimum atomic E-state index is -0.638. The van der Waals surface area contributed by atoms with Crippen LogP contribution >= 0.6 is 0 Å². The zero-order valence-electron chi connectivity index (χ0n) is 14.0. The highest BCUT2D eigenvalue weighted by Crippen LogP contribution is 2.22. The second kappa shape index (κ2) is 8.57. The lowest BCUT2D eigenvalue weighted by atomic mass is 9.90. The number of carbonyl (C=O) groups excluding carboxylic acids is 2. The number of hydrogen-bond donors (Lipinski definition) is 1. The molecule has 0 saturated carbocycles. The predicted molar refractivity (Wildman–Crippen MR) is 88.1 cm³/mol. The van der Waals surface area contributed by atoms with E-state index in [9.17, 15) is 9.59 Å². The van der Waals surface area contributed by atoms with Crippen LogP contribution in [0.2, 0.25) is 0 Å². The van der Waals surface area contributed by atoms with E-state index in [1.165, 1.54) is 6.08 Å². The minimum Gasteiger partial charge on any atom is -0.460 e. The van der Waals surface area contributed by atoms with Crippen molar-refractivity contribution in [2.75, 3.05) is 6.61 Å². The van der Waals surface area contributed by atoms with Crippen molar-refractivity contribution in [2.45, 2.75) is 40.2 Å². The normalized spacial score (nSPS) is 20.0. The standard InChI is InChI=1S/C18H27NO3/c1-6-10-22-18(21)16(12(2)3)19-17(20)14(5)15-9-7-8-13(4)11-15/h6-7,9,11-14,16H,1,8,10H2,2-5H3,(H,19,20). The Kier molecular flexibility index (Phi) is 7.09. The highest BCUT2D eigenvalue weighted by molar-refractivity contribution is 5.87. The number of amides is 1. The molecule has 0 bridgehead atoms. The van der Waals surface area contributed by atoms with E-state index in [2.05, 4.69) is 31.0 Å². The molecule has 1 N–H and O–H groups in total. The van der Waals surface area contributed by atoms with E-state index in [0.29, 0.717) is 5.92 Å². The summed E-state index contributed by atoms with van der Waals surface area (Å²) in [5.41, 5.74) is 0.998. The van der Waals surface area contributed by atoms with Crippen LogP contribution in [-0.2, 0) is 14.3 Å². The summed E-state index contributed by atoms with van der Waals surface area (Å²) in [4.78, 5) is 24.4. The molecule has 3 unspecified atom stereocenters. The Labute approximate surface area is 133 Å². The molecule has 4 heteroatoms. The first-order valence-electron chi connectivity index (χ1n) is 7.83. The number of esters is 1. The van der Waals surface area contributed by atoms with Crippen molar-refractivity contribution < 1.29 is 14.3 Å². The van der Waals surface area contributed by atoms with Crippen LogP contribution in [0, 0.1) is 17.8 Å². The quantitative estimate of drug-likeness (QED) is 0.581. The van der Waals surface area contributed by atoms with Crippen molar-refractivity contribution in [3.63, 3.8) is 0 Å². The van der Waals surface area contributed by atoms with Crippen molar-refractivity contribution in [3.8, 4) is 0 Å². The number of ether oxygens (including phenoxy) is 1. The molecule has 22 heavy (non-hydrogen) atoms. The number of nitrogens with one attached hydrogen (secondary N) is 1. The van der Waals surface area contributed by atoms with Crippen molar-refractivity contribution in [3.05, 3.63) is 36.5 Å². The summed E-state index contributed by atoms with van der Waals surface area (Å²) in [6.45, 7) is 11.4. The van der Waals surface area contributed by atoms with Crippen molar-refractivity contribution in [1.29, 1.82) is 0 Å². The van der Waals surface area contributed by atoms with Gasteiger partial charge in [-0.15, -0.1) is 0 Å². The van der Waals surface area contributed by atoms with Crippen LogP contribution in [0.25, 0.3) is 0 Å². The van der Waals surface area contributed by atoms with Crippen LogP contribution in [0.15, 0.2) is 36.5 Å². The largest absolute Gasteiger partial charge is 0.460 e.